The monoisotopic (exact) mass is 292 g/mol. The molecule has 4 heteroatoms. The average molecular weight is 292 g/mol. The number of nitrogens with zero attached hydrogens (tertiary/aromatic N) is 1. The Morgan fingerprint density at radius 1 is 1.10 bits per heavy atom. The maximum absolute atomic E-state index is 13.0. The minimum Gasteiger partial charge on any atom is -0.396 e. The molecule has 1 unspecified atom stereocenters. The van der Waals surface area contributed by atoms with Crippen molar-refractivity contribution in [2.75, 3.05) is 39.3 Å². The number of hydrogen-bond donors (Lipinski definition) is 2. The van der Waals surface area contributed by atoms with Gasteiger partial charge in [0.1, 0.15) is 5.82 Å². The first-order chi connectivity index (χ1) is 10.3. The molecule has 2 N–H and O–H groups in total. The van der Waals surface area contributed by atoms with Gasteiger partial charge in [0.15, 0.2) is 0 Å². The lowest BCUT2D eigenvalue weighted by Gasteiger charge is -2.34. The van der Waals surface area contributed by atoms with Crippen molar-refractivity contribution in [3.05, 3.63) is 35.6 Å². The summed E-state index contributed by atoms with van der Waals surface area (Å²) in [7, 11) is 0. The molecule has 116 valence electrons. The minimum atomic E-state index is -0.153. The molecule has 21 heavy (non-hydrogen) atoms. The molecule has 0 bridgehead atoms. The van der Waals surface area contributed by atoms with Gasteiger partial charge in [-0.15, -0.1) is 0 Å². The molecule has 0 radical (unpaired) electrons. The highest BCUT2D eigenvalue weighted by Gasteiger charge is 2.29. The van der Waals surface area contributed by atoms with Crippen molar-refractivity contribution in [3.8, 4) is 0 Å². The quantitative estimate of drug-likeness (QED) is 0.889. The van der Waals surface area contributed by atoms with Crippen molar-refractivity contribution >= 4 is 0 Å². The van der Waals surface area contributed by atoms with Gasteiger partial charge in [0.2, 0.25) is 0 Å². The lowest BCUT2D eigenvalue weighted by atomic mass is 9.88. The second-order valence-electron chi connectivity index (χ2n) is 6.49. The third-order valence-corrected chi connectivity index (χ3v) is 5.14. The lowest BCUT2D eigenvalue weighted by Crippen LogP contribution is -2.39. The van der Waals surface area contributed by atoms with Gasteiger partial charge in [-0.05, 0) is 67.9 Å². The van der Waals surface area contributed by atoms with Crippen LogP contribution in [-0.2, 0) is 0 Å². The Kier molecular flexibility index (Phi) is 4.88. The molecular weight excluding hydrogens is 267 g/mol. The number of benzene rings is 1. The van der Waals surface area contributed by atoms with Gasteiger partial charge >= 0.3 is 0 Å². The zero-order valence-electron chi connectivity index (χ0n) is 12.5. The highest BCUT2D eigenvalue weighted by Crippen LogP contribution is 2.29. The third kappa shape index (κ3) is 3.62. The lowest BCUT2D eigenvalue weighted by molar-refractivity contribution is 0.143. The van der Waals surface area contributed by atoms with Crippen LogP contribution in [0.25, 0.3) is 0 Å². The molecule has 1 aromatic rings. The van der Waals surface area contributed by atoms with Gasteiger partial charge in [-0.25, -0.2) is 4.39 Å². The van der Waals surface area contributed by atoms with Crippen molar-refractivity contribution in [2.45, 2.75) is 18.8 Å². The summed E-state index contributed by atoms with van der Waals surface area (Å²) < 4.78 is 13.0. The molecule has 0 aromatic heterocycles. The molecule has 3 rings (SSSR count). The molecule has 0 spiro atoms. The molecule has 3 nitrogen and oxygen atoms in total. The summed E-state index contributed by atoms with van der Waals surface area (Å²) in [6.07, 6.45) is 2.30. The van der Waals surface area contributed by atoms with Gasteiger partial charge in [-0.2, -0.15) is 0 Å². The van der Waals surface area contributed by atoms with Crippen molar-refractivity contribution in [3.63, 3.8) is 0 Å². The van der Waals surface area contributed by atoms with Crippen molar-refractivity contribution < 1.29 is 9.50 Å². The average Bonchev–Trinajstić information content (AvgIpc) is 2.96. The van der Waals surface area contributed by atoms with Gasteiger partial charge < -0.3 is 15.3 Å². The Bertz CT molecular complexity index is 443. The predicted molar refractivity (Wildman–Crippen MR) is 81.8 cm³/mol. The van der Waals surface area contributed by atoms with E-state index in [1.54, 1.807) is 12.1 Å². The number of halogens is 1. The van der Waals surface area contributed by atoms with Crippen LogP contribution in [0.4, 0.5) is 4.39 Å². The fraction of sp³-hybridized carbons (Fsp3) is 0.647. The van der Waals surface area contributed by atoms with Crippen LogP contribution in [0.1, 0.15) is 24.3 Å². The van der Waals surface area contributed by atoms with E-state index in [1.165, 1.54) is 5.56 Å². The van der Waals surface area contributed by atoms with Gasteiger partial charge in [-0.1, -0.05) is 12.1 Å². The summed E-state index contributed by atoms with van der Waals surface area (Å²) in [5.74, 6) is 1.41. The first kappa shape index (κ1) is 14.9. The van der Waals surface area contributed by atoms with Crippen molar-refractivity contribution in [1.82, 2.24) is 10.2 Å². The van der Waals surface area contributed by atoms with E-state index < -0.39 is 0 Å². The van der Waals surface area contributed by atoms with Gasteiger partial charge in [0, 0.05) is 19.7 Å². The van der Waals surface area contributed by atoms with Crippen LogP contribution in [-0.4, -0.2) is 49.3 Å². The summed E-state index contributed by atoms with van der Waals surface area (Å²) in [5.41, 5.74) is 1.27. The van der Waals surface area contributed by atoms with Crippen LogP contribution in [0.5, 0.6) is 0 Å². The number of piperidine rings is 1. The minimum absolute atomic E-state index is 0.153. The summed E-state index contributed by atoms with van der Waals surface area (Å²) in [4.78, 5) is 2.53. The van der Waals surface area contributed by atoms with E-state index in [9.17, 15) is 9.50 Å². The maximum atomic E-state index is 13.0. The van der Waals surface area contributed by atoms with Crippen LogP contribution in [0.2, 0.25) is 0 Å². The second-order valence-corrected chi connectivity index (χ2v) is 6.49. The second kappa shape index (κ2) is 6.86. The van der Waals surface area contributed by atoms with Gasteiger partial charge in [-0.3, -0.25) is 0 Å². The Morgan fingerprint density at radius 3 is 2.43 bits per heavy atom. The Hall–Kier alpha value is -0.970. The summed E-state index contributed by atoms with van der Waals surface area (Å²) in [6.45, 7) is 5.59. The number of hydrogen-bond acceptors (Lipinski definition) is 3. The van der Waals surface area contributed by atoms with Gasteiger partial charge in [0.25, 0.3) is 0 Å². The fourth-order valence-electron chi connectivity index (χ4n) is 3.73. The Balaban J connectivity index is 1.50. The fourth-order valence-corrected chi connectivity index (χ4v) is 3.73. The molecular formula is C17H25FN2O. The van der Waals surface area contributed by atoms with Crippen LogP contribution in [0.15, 0.2) is 24.3 Å². The van der Waals surface area contributed by atoms with E-state index in [4.69, 9.17) is 0 Å². The largest absolute Gasteiger partial charge is 0.396 e. The predicted octanol–water partition coefficient (Wildman–Crippen LogP) is 1.83. The molecule has 1 aromatic carbocycles. The highest BCUT2D eigenvalue weighted by molar-refractivity contribution is 5.21. The summed E-state index contributed by atoms with van der Waals surface area (Å²) in [6, 6.07) is 6.99. The van der Waals surface area contributed by atoms with Gasteiger partial charge in [0.05, 0.1) is 0 Å². The number of likely N-dealkylation sites (tertiary alicyclic amines) is 1. The number of nitrogens with one attached hydrogen (secondary N) is 1. The van der Waals surface area contributed by atoms with E-state index in [0.29, 0.717) is 24.4 Å². The number of aliphatic hydroxyl groups is 1. The molecule has 2 atom stereocenters. The van der Waals surface area contributed by atoms with E-state index in [2.05, 4.69) is 10.2 Å². The molecule has 2 saturated heterocycles. The molecule has 2 aliphatic rings. The topological polar surface area (TPSA) is 35.5 Å². The van der Waals surface area contributed by atoms with E-state index in [0.717, 1.165) is 45.6 Å². The molecule has 0 aliphatic carbocycles. The molecule has 2 heterocycles. The summed E-state index contributed by atoms with van der Waals surface area (Å²) in [5, 5.41) is 12.8. The molecule has 0 amide bonds. The molecule has 2 aliphatic heterocycles. The normalized spacial score (nSPS) is 28.1. The third-order valence-electron chi connectivity index (χ3n) is 5.14. The van der Waals surface area contributed by atoms with Crippen LogP contribution in [0, 0.1) is 17.7 Å². The SMILES string of the molecule is OC[C@@H]1CNCC1CN1CCC(c2ccc(F)cc2)CC1. The number of aliphatic hydroxyl groups excluding tert-OH is 1. The first-order valence-corrected chi connectivity index (χ1v) is 8.05. The van der Waals surface area contributed by atoms with Crippen LogP contribution >= 0.6 is 0 Å². The van der Waals surface area contributed by atoms with Crippen molar-refractivity contribution in [2.24, 2.45) is 11.8 Å². The van der Waals surface area contributed by atoms with Crippen LogP contribution < -0.4 is 5.32 Å². The maximum Gasteiger partial charge on any atom is 0.123 e. The Labute approximate surface area is 126 Å². The van der Waals surface area contributed by atoms with E-state index in [-0.39, 0.29) is 5.82 Å². The highest BCUT2D eigenvalue weighted by atomic mass is 19.1. The first-order valence-electron chi connectivity index (χ1n) is 8.05. The van der Waals surface area contributed by atoms with E-state index >= 15 is 0 Å². The molecule has 0 saturated carbocycles. The van der Waals surface area contributed by atoms with Crippen LogP contribution in [0.3, 0.4) is 0 Å². The van der Waals surface area contributed by atoms with E-state index in [1.807, 2.05) is 12.1 Å². The molecule has 2 fully saturated rings. The zero-order valence-corrected chi connectivity index (χ0v) is 12.5. The van der Waals surface area contributed by atoms with Crippen molar-refractivity contribution in [1.29, 1.82) is 0 Å². The smallest absolute Gasteiger partial charge is 0.123 e. The standard InChI is InChI=1S/C17H25FN2O/c18-17-3-1-13(2-4-17)14-5-7-20(8-6-14)11-15-9-19-10-16(15)12-21/h1-4,14-16,19,21H,5-12H2/t15?,16-/m0/s1. The zero-order chi connectivity index (χ0) is 14.7. The summed E-state index contributed by atoms with van der Waals surface area (Å²) >= 11 is 0. The Morgan fingerprint density at radius 2 is 1.76 bits per heavy atom. The number of rotatable bonds is 4.